The molecule has 0 amide bonds. The molecule has 0 bridgehead atoms. The second kappa shape index (κ2) is 3.38. The van der Waals surface area contributed by atoms with Gasteiger partial charge in [-0.3, -0.25) is 0 Å². The largest absolute Gasteiger partial charge is 0.396 e. The van der Waals surface area contributed by atoms with Crippen LogP contribution < -0.4 is 0 Å². The van der Waals surface area contributed by atoms with Gasteiger partial charge in [-0.25, -0.2) is 0 Å². The molecular weight excluding hydrogens is 124 g/mol. The van der Waals surface area contributed by atoms with Crippen LogP contribution in [0.4, 0.5) is 0 Å². The molecule has 60 valence electrons. The third-order valence-corrected chi connectivity index (χ3v) is 3.15. The molecule has 1 rings (SSSR count). The van der Waals surface area contributed by atoms with Crippen molar-refractivity contribution in [1.82, 2.24) is 0 Å². The fourth-order valence-electron chi connectivity index (χ4n) is 2.17. The number of hydrogen-bond acceptors (Lipinski definition) is 1. The van der Waals surface area contributed by atoms with Crippen molar-refractivity contribution in [2.24, 2.45) is 17.8 Å². The Bertz CT molecular complexity index is 88.9. The van der Waals surface area contributed by atoms with E-state index in [1.54, 1.807) is 0 Å². The predicted octanol–water partition coefficient (Wildman–Crippen LogP) is 2.05. The highest BCUT2D eigenvalue weighted by molar-refractivity contribution is 4.80. The van der Waals surface area contributed by atoms with Gasteiger partial charge in [0.25, 0.3) is 0 Å². The molecule has 0 aromatic rings. The number of hydrogen-bond donors (Lipinski definition) is 1. The summed E-state index contributed by atoms with van der Waals surface area (Å²) in [5.74, 6) is 2.25. The van der Waals surface area contributed by atoms with Crippen LogP contribution in [0.5, 0.6) is 0 Å². The molecule has 0 spiro atoms. The van der Waals surface area contributed by atoms with E-state index in [-0.39, 0.29) is 0 Å². The second-order valence-electron chi connectivity index (χ2n) is 3.55. The van der Waals surface area contributed by atoms with Crippen molar-refractivity contribution in [3.05, 3.63) is 0 Å². The Morgan fingerprint density at radius 2 is 1.90 bits per heavy atom. The van der Waals surface area contributed by atoms with Gasteiger partial charge in [0.05, 0.1) is 0 Å². The summed E-state index contributed by atoms with van der Waals surface area (Å²) in [4.78, 5) is 0. The lowest BCUT2D eigenvalue weighted by atomic mass is 9.90. The van der Waals surface area contributed by atoms with Crippen molar-refractivity contribution in [2.75, 3.05) is 6.61 Å². The van der Waals surface area contributed by atoms with E-state index in [9.17, 15) is 0 Å². The van der Waals surface area contributed by atoms with Crippen LogP contribution in [-0.2, 0) is 0 Å². The van der Waals surface area contributed by atoms with E-state index in [2.05, 4.69) is 13.8 Å². The van der Waals surface area contributed by atoms with Crippen LogP contribution in [0.15, 0.2) is 0 Å². The first-order valence-corrected chi connectivity index (χ1v) is 4.40. The van der Waals surface area contributed by atoms with Crippen LogP contribution in [0.1, 0.15) is 33.1 Å². The van der Waals surface area contributed by atoms with Gasteiger partial charge in [0, 0.05) is 6.61 Å². The molecule has 0 aromatic carbocycles. The molecule has 1 fully saturated rings. The van der Waals surface area contributed by atoms with E-state index in [0.717, 1.165) is 11.8 Å². The molecule has 1 heteroatoms. The van der Waals surface area contributed by atoms with Gasteiger partial charge in [0.2, 0.25) is 0 Å². The minimum Gasteiger partial charge on any atom is -0.396 e. The summed E-state index contributed by atoms with van der Waals surface area (Å²) < 4.78 is 0. The number of aliphatic hydroxyl groups excluding tert-OH is 1. The van der Waals surface area contributed by atoms with Gasteiger partial charge in [-0.05, 0) is 30.6 Å². The van der Waals surface area contributed by atoms with Gasteiger partial charge in [0.1, 0.15) is 0 Å². The summed E-state index contributed by atoms with van der Waals surface area (Å²) in [6, 6.07) is 0. The van der Waals surface area contributed by atoms with E-state index in [1.165, 1.54) is 19.3 Å². The Hall–Kier alpha value is -0.0400. The summed E-state index contributed by atoms with van der Waals surface area (Å²) in [5, 5.41) is 8.95. The van der Waals surface area contributed by atoms with Crippen molar-refractivity contribution in [2.45, 2.75) is 33.1 Å². The van der Waals surface area contributed by atoms with Crippen molar-refractivity contribution >= 4 is 0 Å². The van der Waals surface area contributed by atoms with Crippen molar-refractivity contribution in [3.63, 3.8) is 0 Å². The molecule has 1 saturated carbocycles. The van der Waals surface area contributed by atoms with Gasteiger partial charge < -0.3 is 5.11 Å². The average molecular weight is 142 g/mol. The van der Waals surface area contributed by atoms with Crippen LogP contribution >= 0.6 is 0 Å². The van der Waals surface area contributed by atoms with Gasteiger partial charge in [-0.1, -0.05) is 20.3 Å². The Kier molecular flexibility index (Phi) is 2.72. The Balaban J connectivity index is 2.41. The van der Waals surface area contributed by atoms with E-state index in [1.807, 2.05) is 0 Å². The molecule has 0 radical (unpaired) electrons. The molecule has 3 atom stereocenters. The molecule has 1 nitrogen and oxygen atoms in total. The normalized spacial score (nSPS) is 40.5. The van der Waals surface area contributed by atoms with E-state index >= 15 is 0 Å². The van der Waals surface area contributed by atoms with Crippen molar-refractivity contribution in [3.8, 4) is 0 Å². The molecule has 0 aliphatic heterocycles. The van der Waals surface area contributed by atoms with Crippen molar-refractivity contribution < 1.29 is 5.11 Å². The molecule has 0 heterocycles. The maximum Gasteiger partial charge on any atom is 0.0461 e. The minimum absolute atomic E-state index is 0.400. The van der Waals surface area contributed by atoms with Gasteiger partial charge >= 0.3 is 0 Å². The van der Waals surface area contributed by atoms with Gasteiger partial charge in [-0.2, -0.15) is 0 Å². The quantitative estimate of drug-likeness (QED) is 0.625. The van der Waals surface area contributed by atoms with Crippen LogP contribution in [0.2, 0.25) is 0 Å². The van der Waals surface area contributed by atoms with Crippen LogP contribution in [-0.4, -0.2) is 11.7 Å². The second-order valence-corrected chi connectivity index (χ2v) is 3.55. The smallest absolute Gasteiger partial charge is 0.0461 e. The monoisotopic (exact) mass is 142 g/mol. The number of rotatable bonds is 2. The van der Waals surface area contributed by atoms with E-state index in [4.69, 9.17) is 5.11 Å². The lowest BCUT2D eigenvalue weighted by Gasteiger charge is -2.16. The summed E-state index contributed by atoms with van der Waals surface area (Å²) in [6.45, 7) is 4.93. The first-order valence-electron chi connectivity index (χ1n) is 4.40. The lowest BCUT2D eigenvalue weighted by Crippen LogP contribution is -2.13. The zero-order chi connectivity index (χ0) is 7.56. The standard InChI is InChI=1S/C9H18O/c1-3-8-4-5-9(6-10)7(8)2/h7-10H,3-6H2,1-2H3. The summed E-state index contributed by atoms with van der Waals surface area (Å²) in [5.41, 5.74) is 0. The summed E-state index contributed by atoms with van der Waals surface area (Å²) >= 11 is 0. The fraction of sp³-hybridized carbons (Fsp3) is 1.00. The zero-order valence-corrected chi connectivity index (χ0v) is 7.01. The molecule has 0 saturated heterocycles. The molecule has 1 N–H and O–H groups in total. The summed E-state index contributed by atoms with van der Waals surface area (Å²) in [7, 11) is 0. The average Bonchev–Trinajstić information content (AvgIpc) is 2.30. The van der Waals surface area contributed by atoms with Crippen LogP contribution in [0.3, 0.4) is 0 Å². The highest BCUT2D eigenvalue weighted by Crippen LogP contribution is 2.37. The number of aliphatic hydroxyl groups is 1. The minimum atomic E-state index is 0.400. The SMILES string of the molecule is CCC1CCC(CO)C1C. The van der Waals surface area contributed by atoms with Crippen LogP contribution in [0.25, 0.3) is 0 Å². The third kappa shape index (κ3) is 1.34. The molecular formula is C9H18O. The highest BCUT2D eigenvalue weighted by Gasteiger charge is 2.30. The Labute approximate surface area is 63.4 Å². The Morgan fingerprint density at radius 1 is 1.30 bits per heavy atom. The topological polar surface area (TPSA) is 20.2 Å². The van der Waals surface area contributed by atoms with Gasteiger partial charge in [0.15, 0.2) is 0 Å². The molecule has 1 aliphatic carbocycles. The molecule has 1 aliphatic rings. The van der Waals surface area contributed by atoms with E-state index in [0.29, 0.717) is 12.5 Å². The predicted molar refractivity (Wildman–Crippen MR) is 42.8 cm³/mol. The molecule has 10 heavy (non-hydrogen) atoms. The molecule has 3 unspecified atom stereocenters. The maximum absolute atomic E-state index is 8.95. The first kappa shape index (κ1) is 8.06. The summed E-state index contributed by atoms with van der Waals surface area (Å²) in [6.07, 6.45) is 3.87. The van der Waals surface area contributed by atoms with Gasteiger partial charge in [-0.15, -0.1) is 0 Å². The zero-order valence-electron chi connectivity index (χ0n) is 7.01. The Morgan fingerprint density at radius 3 is 2.20 bits per heavy atom. The first-order chi connectivity index (χ1) is 4.79. The molecule has 0 aromatic heterocycles. The lowest BCUT2D eigenvalue weighted by molar-refractivity contribution is 0.187. The fourth-order valence-corrected chi connectivity index (χ4v) is 2.17. The van der Waals surface area contributed by atoms with Crippen molar-refractivity contribution in [1.29, 1.82) is 0 Å². The highest BCUT2D eigenvalue weighted by atomic mass is 16.3. The maximum atomic E-state index is 8.95. The van der Waals surface area contributed by atoms with E-state index < -0.39 is 0 Å². The third-order valence-electron chi connectivity index (χ3n) is 3.15. The van der Waals surface area contributed by atoms with Crippen LogP contribution in [0, 0.1) is 17.8 Å².